The summed E-state index contributed by atoms with van der Waals surface area (Å²) in [7, 11) is 0. The van der Waals surface area contributed by atoms with Crippen LogP contribution in [0.3, 0.4) is 0 Å². The molecule has 0 saturated heterocycles. The highest BCUT2D eigenvalue weighted by Gasteiger charge is 2.06. The minimum absolute atomic E-state index is 0.200. The lowest BCUT2D eigenvalue weighted by Gasteiger charge is -2.07. The van der Waals surface area contributed by atoms with Crippen molar-refractivity contribution in [3.05, 3.63) is 76.3 Å². The fraction of sp³-hybridized carbons (Fsp3) is 0.0526. The molecule has 0 radical (unpaired) electrons. The molecule has 0 fully saturated rings. The number of carbonyl (C=O) groups is 1. The van der Waals surface area contributed by atoms with Gasteiger partial charge in [0.05, 0.1) is 11.2 Å². The number of fused-ring (bicyclic) bond motifs is 1. The Morgan fingerprint density at radius 1 is 1.08 bits per heavy atom. The highest BCUT2D eigenvalue weighted by molar-refractivity contribution is 6.35. The lowest BCUT2D eigenvalue weighted by Crippen LogP contribution is -2.24. The van der Waals surface area contributed by atoms with Gasteiger partial charge in [0.25, 0.3) is 5.91 Å². The number of hydrazone groups is 1. The molecule has 0 aliphatic rings. The van der Waals surface area contributed by atoms with Crippen LogP contribution in [-0.2, 0) is 4.79 Å². The van der Waals surface area contributed by atoms with Crippen molar-refractivity contribution in [3.8, 4) is 5.75 Å². The Morgan fingerprint density at radius 2 is 1.88 bits per heavy atom. The van der Waals surface area contributed by atoms with E-state index < -0.39 is 0 Å². The van der Waals surface area contributed by atoms with Crippen molar-refractivity contribution < 1.29 is 9.53 Å². The monoisotopic (exact) mass is 372 g/mol. The lowest BCUT2D eigenvalue weighted by molar-refractivity contribution is -0.123. The first kappa shape index (κ1) is 17.3. The van der Waals surface area contributed by atoms with Gasteiger partial charge in [0, 0.05) is 10.6 Å². The molecule has 25 heavy (non-hydrogen) atoms. The van der Waals surface area contributed by atoms with Crippen LogP contribution in [0, 0.1) is 0 Å². The summed E-state index contributed by atoms with van der Waals surface area (Å²) in [5, 5.41) is 7.00. The van der Waals surface area contributed by atoms with Crippen LogP contribution in [0.25, 0.3) is 10.8 Å². The molecular formula is C19H14Cl2N2O2. The zero-order chi connectivity index (χ0) is 17.6. The average molecular weight is 373 g/mol. The molecule has 6 heteroatoms. The molecule has 1 N–H and O–H groups in total. The fourth-order valence-electron chi connectivity index (χ4n) is 2.30. The Bertz CT molecular complexity index is 936. The molecular weight excluding hydrogens is 359 g/mol. The van der Waals surface area contributed by atoms with Crippen molar-refractivity contribution in [1.82, 2.24) is 5.43 Å². The molecule has 0 aromatic heterocycles. The standard InChI is InChI=1S/C19H14Cl2N2O2/c20-15-8-9-18(17(21)10-15)25-12-19(24)23-22-11-14-6-3-5-13-4-1-2-7-16(13)14/h1-11H,12H2,(H,23,24)/b22-11-. The second-order valence-electron chi connectivity index (χ2n) is 5.22. The largest absolute Gasteiger partial charge is 0.482 e. The van der Waals surface area contributed by atoms with Gasteiger partial charge in [-0.15, -0.1) is 0 Å². The molecule has 0 aliphatic carbocycles. The molecule has 0 heterocycles. The van der Waals surface area contributed by atoms with Crippen LogP contribution in [0.1, 0.15) is 5.56 Å². The van der Waals surface area contributed by atoms with Crippen molar-refractivity contribution in [2.45, 2.75) is 0 Å². The third-order valence-electron chi connectivity index (χ3n) is 3.47. The summed E-state index contributed by atoms with van der Waals surface area (Å²) in [6.45, 7) is -0.200. The topological polar surface area (TPSA) is 50.7 Å². The smallest absolute Gasteiger partial charge is 0.277 e. The summed E-state index contributed by atoms with van der Waals surface area (Å²) in [6.07, 6.45) is 1.61. The molecule has 1 amide bonds. The molecule has 126 valence electrons. The number of nitrogens with one attached hydrogen (secondary N) is 1. The molecule has 0 spiro atoms. The van der Waals surface area contributed by atoms with Crippen LogP contribution in [0.2, 0.25) is 10.0 Å². The minimum Gasteiger partial charge on any atom is -0.482 e. The number of carbonyl (C=O) groups excluding carboxylic acids is 1. The van der Waals surface area contributed by atoms with Gasteiger partial charge >= 0.3 is 0 Å². The van der Waals surface area contributed by atoms with Crippen molar-refractivity contribution in [1.29, 1.82) is 0 Å². The van der Waals surface area contributed by atoms with Gasteiger partial charge in [-0.25, -0.2) is 5.43 Å². The number of benzene rings is 3. The number of halogens is 2. The molecule has 3 aromatic carbocycles. The second-order valence-corrected chi connectivity index (χ2v) is 6.07. The second kappa shape index (κ2) is 8.01. The number of ether oxygens (including phenoxy) is 1. The summed E-state index contributed by atoms with van der Waals surface area (Å²) in [5.74, 6) is 0.00162. The molecule has 0 atom stereocenters. The van der Waals surface area contributed by atoms with Crippen molar-refractivity contribution in [2.75, 3.05) is 6.61 Å². The third kappa shape index (κ3) is 4.50. The van der Waals surface area contributed by atoms with Gasteiger partial charge in [-0.3, -0.25) is 4.79 Å². The summed E-state index contributed by atoms with van der Waals surface area (Å²) in [5.41, 5.74) is 3.35. The SMILES string of the molecule is O=C(COc1ccc(Cl)cc1Cl)N/N=C\c1cccc2ccccc12. The van der Waals surface area contributed by atoms with E-state index in [9.17, 15) is 4.79 Å². The fourth-order valence-corrected chi connectivity index (χ4v) is 2.77. The Hall–Kier alpha value is -2.56. The van der Waals surface area contributed by atoms with Crippen LogP contribution >= 0.6 is 23.2 Å². The highest BCUT2D eigenvalue weighted by atomic mass is 35.5. The Kier molecular flexibility index (Phi) is 5.53. The highest BCUT2D eigenvalue weighted by Crippen LogP contribution is 2.27. The molecule has 3 rings (SSSR count). The van der Waals surface area contributed by atoms with Crippen LogP contribution < -0.4 is 10.2 Å². The Morgan fingerprint density at radius 3 is 2.72 bits per heavy atom. The van der Waals surface area contributed by atoms with Gasteiger partial charge < -0.3 is 4.74 Å². The molecule has 0 unspecified atom stereocenters. The van der Waals surface area contributed by atoms with Gasteiger partial charge in [-0.2, -0.15) is 5.10 Å². The normalized spacial score (nSPS) is 11.0. The van der Waals surface area contributed by atoms with Crippen molar-refractivity contribution in [3.63, 3.8) is 0 Å². The lowest BCUT2D eigenvalue weighted by atomic mass is 10.1. The van der Waals surface area contributed by atoms with Crippen molar-refractivity contribution in [2.24, 2.45) is 5.10 Å². The molecule has 0 saturated carbocycles. The molecule has 0 aliphatic heterocycles. The maximum Gasteiger partial charge on any atom is 0.277 e. The Balaban J connectivity index is 1.59. The van der Waals surface area contributed by atoms with Gasteiger partial charge in [-0.05, 0) is 29.0 Å². The number of nitrogens with zero attached hydrogens (tertiary/aromatic N) is 1. The van der Waals surface area contributed by atoms with E-state index in [0.717, 1.165) is 16.3 Å². The Labute approximate surface area is 155 Å². The minimum atomic E-state index is -0.387. The zero-order valence-corrected chi connectivity index (χ0v) is 14.6. The van der Waals surface area contributed by atoms with Gasteiger partial charge in [0.1, 0.15) is 5.75 Å². The van der Waals surface area contributed by atoms with Crippen LogP contribution in [-0.4, -0.2) is 18.7 Å². The zero-order valence-electron chi connectivity index (χ0n) is 13.1. The van der Waals surface area contributed by atoms with E-state index in [1.54, 1.807) is 24.4 Å². The van der Waals surface area contributed by atoms with Gasteiger partial charge in [0.2, 0.25) is 0 Å². The molecule has 3 aromatic rings. The van der Waals surface area contributed by atoms with E-state index in [2.05, 4.69) is 10.5 Å². The average Bonchev–Trinajstić information content (AvgIpc) is 2.61. The number of rotatable bonds is 5. The van der Waals surface area contributed by atoms with Gasteiger partial charge in [0.15, 0.2) is 6.61 Å². The van der Waals surface area contributed by atoms with Crippen LogP contribution in [0.5, 0.6) is 5.75 Å². The first-order chi connectivity index (χ1) is 12.1. The predicted octanol–water partition coefficient (Wildman–Crippen LogP) is 4.68. The number of hydrogen-bond donors (Lipinski definition) is 1. The summed E-state index contributed by atoms with van der Waals surface area (Å²) < 4.78 is 5.35. The van der Waals surface area contributed by atoms with E-state index in [1.807, 2.05) is 42.5 Å². The van der Waals surface area contributed by atoms with E-state index in [-0.39, 0.29) is 12.5 Å². The van der Waals surface area contributed by atoms with E-state index in [0.29, 0.717) is 15.8 Å². The maximum absolute atomic E-state index is 11.8. The van der Waals surface area contributed by atoms with Gasteiger partial charge in [-0.1, -0.05) is 65.7 Å². The van der Waals surface area contributed by atoms with Crippen LogP contribution in [0.4, 0.5) is 0 Å². The number of hydrogen-bond acceptors (Lipinski definition) is 3. The summed E-state index contributed by atoms with van der Waals surface area (Å²) >= 11 is 11.8. The predicted molar refractivity (Wildman–Crippen MR) is 102 cm³/mol. The molecule has 4 nitrogen and oxygen atoms in total. The first-order valence-electron chi connectivity index (χ1n) is 7.51. The summed E-state index contributed by atoms with van der Waals surface area (Å²) in [4.78, 5) is 11.8. The van der Waals surface area contributed by atoms with Crippen LogP contribution in [0.15, 0.2) is 65.8 Å². The van der Waals surface area contributed by atoms with E-state index >= 15 is 0 Å². The first-order valence-corrected chi connectivity index (χ1v) is 8.26. The summed E-state index contributed by atoms with van der Waals surface area (Å²) in [6, 6.07) is 18.7. The van der Waals surface area contributed by atoms with E-state index in [1.165, 1.54) is 0 Å². The number of amides is 1. The maximum atomic E-state index is 11.8. The van der Waals surface area contributed by atoms with E-state index in [4.69, 9.17) is 27.9 Å². The third-order valence-corrected chi connectivity index (χ3v) is 4.00. The quantitative estimate of drug-likeness (QED) is 0.522. The molecule has 0 bridgehead atoms. The van der Waals surface area contributed by atoms with Crippen molar-refractivity contribution >= 4 is 46.1 Å².